The summed E-state index contributed by atoms with van der Waals surface area (Å²) in [7, 11) is 0. The molecule has 0 spiro atoms. The summed E-state index contributed by atoms with van der Waals surface area (Å²) in [5.74, 6) is -1.09. The van der Waals surface area contributed by atoms with Gasteiger partial charge in [-0.15, -0.1) is 0 Å². The Balaban J connectivity index is 1.67. The van der Waals surface area contributed by atoms with Crippen LogP contribution in [-0.4, -0.2) is 47.2 Å². The molecular weight excluding hydrogens is 320 g/mol. The number of nitrogens with one attached hydrogen (secondary N) is 2. The van der Waals surface area contributed by atoms with Crippen molar-refractivity contribution in [3.8, 4) is 23.0 Å². The fourth-order valence-corrected chi connectivity index (χ4v) is 2.14. The summed E-state index contributed by atoms with van der Waals surface area (Å²) < 4.78 is 10.00. The Morgan fingerprint density at radius 3 is 1.71 bits per heavy atom. The standard InChI is InChI=1S/C13H8N6O5/c20-7-3-1-5-9(16-18-14-5)11(7)23-13(22)24-12-8(21)4-2-6-10(12)17-19-15-6/h1-4,20-21H,(H,14,16,18)(H,15,17,19). The third-order valence-corrected chi connectivity index (χ3v) is 3.21. The van der Waals surface area contributed by atoms with Gasteiger partial charge in [0, 0.05) is 0 Å². The van der Waals surface area contributed by atoms with E-state index in [-0.39, 0.29) is 34.0 Å². The van der Waals surface area contributed by atoms with Crippen LogP contribution in [0.3, 0.4) is 0 Å². The number of rotatable bonds is 2. The second-order valence-electron chi connectivity index (χ2n) is 4.66. The number of phenols is 2. The maximum Gasteiger partial charge on any atom is 0.519 e. The minimum Gasteiger partial charge on any atom is -0.504 e. The lowest BCUT2D eigenvalue weighted by atomic mass is 10.2. The molecule has 4 aromatic rings. The molecule has 0 unspecified atom stereocenters. The van der Waals surface area contributed by atoms with Crippen LogP contribution < -0.4 is 9.47 Å². The fourth-order valence-electron chi connectivity index (χ4n) is 2.14. The van der Waals surface area contributed by atoms with Gasteiger partial charge in [0.15, 0.2) is 22.5 Å². The van der Waals surface area contributed by atoms with E-state index in [0.717, 1.165) is 0 Å². The first kappa shape index (κ1) is 13.8. The first-order valence-corrected chi connectivity index (χ1v) is 6.58. The number of aromatic hydroxyl groups is 2. The van der Waals surface area contributed by atoms with Crippen LogP contribution in [0.15, 0.2) is 24.3 Å². The van der Waals surface area contributed by atoms with Gasteiger partial charge in [-0.25, -0.2) is 4.79 Å². The molecule has 11 heteroatoms. The summed E-state index contributed by atoms with van der Waals surface area (Å²) in [6.45, 7) is 0. The van der Waals surface area contributed by atoms with E-state index in [0.29, 0.717) is 11.0 Å². The number of hydrogen-bond acceptors (Lipinski definition) is 9. The number of aromatic nitrogens is 6. The van der Waals surface area contributed by atoms with E-state index in [2.05, 4.69) is 30.8 Å². The minimum absolute atomic E-state index is 0.149. The first-order chi connectivity index (χ1) is 11.6. The summed E-state index contributed by atoms with van der Waals surface area (Å²) in [6, 6.07) is 5.58. The lowest BCUT2D eigenvalue weighted by Crippen LogP contribution is -2.14. The topological polar surface area (TPSA) is 159 Å². The molecule has 0 amide bonds. The summed E-state index contributed by atoms with van der Waals surface area (Å²) in [5.41, 5.74) is 1.07. The molecule has 4 N–H and O–H groups in total. The molecule has 0 fully saturated rings. The highest BCUT2D eigenvalue weighted by Gasteiger charge is 2.21. The zero-order chi connectivity index (χ0) is 16.7. The molecular formula is C13H8N6O5. The van der Waals surface area contributed by atoms with Crippen molar-refractivity contribution in [2.75, 3.05) is 0 Å². The van der Waals surface area contributed by atoms with Crippen molar-refractivity contribution in [3.63, 3.8) is 0 Å². The fraction of sp³-hybridized carbons (Fsp3) is 0. The zero-order valence-electron chi connectivity index (χ0n) is 11.7. The minimum atomic E-state index is -1.20. The number of aromatic amines is 2. The molecule has 4 rings (SSSR count). The number of fused-ring (bicyclic) bond motifs is 2. The Hall–Kier alpha value is -3.89. The lowest BCUT2D eigenvalue weighted by molar-refractivity contribution is 0.150. The number of hydrogen-bond donors (Lipinski definition) is 4. The van der Waals surface area contributed by atoms with Gasteiger partial charge >= 0.3 is 6.16 Å². The van der Waals surface area contributed by atoms with Crippen molar-refractivity contribution in [1.29, 1.82) is 0 Å². The normalized spacial score (nSPS) is 11.0. The van der Waals surface area contributed by atoms with Gasteiger partial charge in [0.25, 0.3) is 0 Å². The Labute approximate surface area is 131 Å². The highest BCUT2D eigenvalue weighted by molar-refractivity contribution is 5.88. The molecule has 2 heterocycles. The molecule has 0 saturated heterocycles. The first-order valence-electron chi connectivity index (χ1n) is 6.58. The van der Waals surface area contributed by atoms with Crippen molar-refractivity contribution in [3.05, 3.63) is 24.3 Å². The van der Waals surface area contributed by atoms with Crippen LogP contribution in [0.25, 0.3) is 22.1 Å². The van der Waals surface area contributed by atoms with Crippen molar-refractivity contribution in [2.45, 2.75) is 0 Å². The predicted molar refractivity (Wildman–Crippen MR) is 77.8 cm³/mol. The van der Waals surface area contributed by atoms with E-state index in [4.69, 9.17) is 9.47 Å². The van der Waals surface area contributed by atoms with Crippen LogP contribution >= 0.6 is 0 Å². The maximum absolute atomic E-state index is 12.0. The number of nitrogens with zero attached hydrogens (tertiary/aromatic N) is 4. The lowest BCUT2D eigenvalue weighted by Gasteiger charge is -2.08. The highest BCUT2D eigenvalue weighted by Crippen LogP contribution is 2.35. The molecule has 0 saturated carbocycles. The van der Waals surface area contributed by atoms with Crippen molar-refractivity contribution in [1.82, 2.24) is 30.8 Å². The van der Waals surface area contributed by atoms with E-state index < -0.39 is 6.16 Å². The number of benzene rings is 2. The van der Waals surface area contributed by atoms with Crippen LogP contribution in [0.5, 0.6) is 23.0 Å². The van der Waals surface area contributed by atoms with Gasteiger partial charge in [0.05, 0.1) is 0 Å². The van der Waals surface area contributed by atoms with E-state index in [9.17, 15) is 15.0 Å². The summed E-state index contributed by atoms with van der Waals surface area (Å²) in [4.78, 5) is 12.0. The Kier molecular flexibility index (Phi) is 2.91. The molecule has 0 bridgehead atoms. The smallest absolute Gasteiger partial charge is 0.504 e. The molecule has 0 radical (unpaired) electrons. The van der Waals surface area contributed by atoms with E-state index in [1.165, 1.54) is 24.3 Å². The summed E-state index contributed by atoms with van der Waals surface area (Å²) in [6.07, 6.45) is -1.20. The molecule has 0 aliphatic carbocycles. The van der Waals surface area contributed by atoms with Gasteiger partial charge in [-0.1, -0.05) is 0 Å². The van der Waals surface area contributed by atoms with Crippen LogP contribution in [0, 0.1) is 0 Å². The van der Waals surface area contributed by atoms with Gasteiger partial charge in [-0.3, -0.25) is 0 Å². The monoisotopic (exact) mass is 328 g/mol. The third-order valence-electron chi connectivity index (χ3n) is 3.21. The molecule has 0 atom stereocenters. The second-order valence-corrected chi connectivity index (χ2v) is 4.66. The third kappa shape index (κ3) is 2.11. The van der Waals surface area contributed by atoms with Crippen molar-refractivity contribution < 1.29 is 24.5 Å². The van der Waals surface area contributed by atoms with E-state index >= 15 is 0 Å². The largest absolute Gasteiger partial charge is 0.519 e. The van der Waals surface area contributed by atoms with Gasteiger partial charge < -0.3 is 19.7 Å². The summed E-state index contributed by atoms with van der Waals surface area (Å²) in [5, 5.41) is 39.6. The van der Waals surface area contributed by atoms with Crippen molar-refractivity contribution >= 4 is 28.2 Å². The molecule has 2 aromatic carbocycles. The van der Waals surface area contributed by atoms with Gasteiger partial charge in [-0.2, -0.15) is 30.8 Å². The predicted octanol–water partition coefficient (Wildman–Crippen LogP) is 1.22. The Morgan fingerprint density at radius 2 is 1.25 bits per heavy atom. The number of ether oxygens (including phenoxy) is 2. The summed E-state index contributed by atoms with van der Waals surface area (Å²) >= 11 is 0. The highest BCUT2D eigenvalue weighted by atomic mass is 16.7. The number of phenolic OH excluding ortho intramolecular Hbond substituents is 2. The van der Waals surface area contributed by atoms with E-state index in [1.807, 2.05) is 0 Å². The molecule has 0 aliphatic rings. The van der Waals surface area contributed by atoms with E-state index in [1.54, 1.807) is 0 Å². The van der Waals surface area contributed by atoms with Crippen LogP contribution in [0.2, 0.25) is 0 Å². The second kappa shape index (κ2) is 5.08. The Morgan fingerprint density at radius 1 is 0.792 bits per heavy atom. The van der Waals surface area contributed by atoms with Crippen LogP contribution in [-0.2, 0) is 0 Å². The van der Waals surface area contributed by atoms with Crippen LogP contribution in [0.1, 0.15) is 0 Å². The van der Waals surface area contributed by atoms with Gasteiger partial charge in [0.2, 0.25) is 11.5 Å². The SMILES string of the molecule is O=C(Oc1c(O)ccc2n[nH]nc12)Oc1c(O)ccc2n[nH]nc12. The molecule has 120 valence electrons. The number of carbonyl (C=O) groups is 1. The van der Waals surface area contributed by atoms with Gasteiger partial charge in [-0.05, 0) is 24.3 Å². The molecule has 0 aliphatic heterocycles. The zero-order valence-corrected chi connectivity index (χ0v) is 11.7. The molecule has 11 nitrogen and oxygen atoms in total. The molecule has 2 aromatic heterocycles. The average molecular weight is 328 g/mol. The van der Waals surface area contributed by atoms with Gasteiger partial charge in [0.1, 0.15) is 11.0 Å². The Bertz CT molecular complexity index is 987. The van der Waals surface area contributed by atoms with Crippen LogP contribution in [0.4, 0.5) is 4.79 Å². The number of carbonyl (C=O) groups excluding carboxylic acids is 1. The average Bonchev–Trinajstić information content (AvgIpc) is 3.21. The quantitative estimate of drug-likeness (QED) is 0.313. The van der Waals surface area contributed by atoms with Crippen molar-refractivity contribution in [2.24, 2.45) is 0 Å². The maximum atomic E-state index is 12.0. The number of H-pyrrole nitrogens is 2. The molecule has 24 heavy (non-hydrogen) atoms.